The highest BCUT2D eigenvalue weighted by Gasteiger charge is 2.30. The first kappa shape index (κ1) is 13.5. The molecule has 0 radical (unpaired) electrons. The van der Waals surface area contributed by atoms with Gasteiger partial charge in [-0.2, -0.15) is 0 Å². The first-order chi connectivity index (χ1) is 5.81. The summed E-state index contributed by atoms with van der Waals surface area (Å²) in [7, 11) is 0.701. The fraction of sp³-hybridized carbons (Fsp3) is 1.00. The van der Waals surface area contributed by atoms with Crippen molar-refractivity contribution in [1.82, 2.24) is 13.9 Å². The fourth-order valence-electron chi connectivity index (χ4n) is 1.21. The molecule has 7 heteroatoms. The van der Waals surface area contributed by atoms with Gasteiger partial charge in [-0.1, -0.05) is 0 Å². The number of nitrogens with one attached hydrogen (secondary N) is 2. The van der Waals surface area contributed by atoms with Gasteiger partial charge in [0.1, 0.15) is 0 Å². The van der Waals surface area contributed by atoms with Crippen molar-refractivity contribution in [1.29, 1.82) is 0 Å². The highest BCUT2D eigenvalue weighted by Crippen LogP contribution is 2.03. The molecule has 4 nitrogen and oxygen atoms in total. The molecule has 0 aromatic rings. The molecular formula is C6H24N4Si3. The van der Waals surface area contributed by atoms with Crippen LogP contribution in [0.15, 0.2) is 0 Å². The van der Waals surface area contributed by atoms with Gasteiger partial charge in [-0.3, -0.25) is 0 Å². The number of nitrogens with zero attached hydrogens (tertiary/aromatic N) is 1. The third kappa shape index (κ3) is 4.49. The Hall–Kier alpha value is 0.491. The van der Waals surface area contributed by atoms with E-state index in [-0.39, 0.29) is 0 Å². The van der Waals surface area contributed by atoms with Gasteiger partial charge < -0.3 is 19.3 Å². The van der Waals surface area contributed by atoms with E-state index in [1.54, 1.807) is 0 Å². The Balaban J connectivity index is 4.21. The summed E-state index contributed by atoms with van der Waals surface area (Å²) in [4.78, 5) is 3.33. The smallest absolute Gasteiger partial charge is 0.185 e. The van der Waals surface area contributed by atoms with Crippen molar-refractivity contribution in [3.8, 4) is 0 Å². The van der Waals surface area contributed by atoms with Crippen LogP contribution in [0.3, 0.4) is 0 Å². The highest BCUT2D eigenvalue weighted by atomic mass is 28.4. The molecule has 4 N–H and O–H groups in total. The predicted octanol–water partition coefficient (Wildman–Crippen LogP) is -0.912. The lowest BCUT2D eigenvalue weighted by atomic mass is 11.6. The summed E-state index contributed by atoms with van der Waals surface area (Å²) in [5.74, 6) is 0. The Kier molecular flexibility index (Phi) is 5.59. The molecule has 2 unspecified atom stereocenters. The average molecular weight is 237 g/mol. The highest BCUT2D eigenvalue weighted by molar-refractivity contribution is 6.87. The van der Waals surface area contributed by atoms with Crippen molar-refractivity contribution in [2.24, 2.45) is 5.40 Å². The predicted molar refractivity (Wildman–Crippen MR) is 67.7 cm³/mol. The van der Waals surface area contributed by atoms with Gasteiger partial charge in [0.05, 0.1) is 0 Å². The summed E-state index contributed by atoms with van der Waals surface area (Å²) in [5.41, 5.74) is 0. The van der Waals surface area contributed by atoms with Crippen molar-refractivity contribution in [2.75, 3.05) is 14.1 Å². The summed E-state index contributed by atoms with van der Waals surface area (Å²) in [5, 5.41) is 5.99. The zero-order chi connectivity index (χ0) is 10.6. The van der Waals surface area contributed by atoms with Crippen LogP contribution in [0.4, 0.5) is 0 Å². The number of hydrogen-bond donors (Lipinski definition) is 3. The summed E-state index contributed by atoms with van der Waals surface area (Å²) < 4.78 is 6.14. The van der Waals surface area contributed by atoms with E-state index in [4.69, 9.17) is 5.40 Å². The molecule has 0 fully saturated rings. The molecule has 0 heterocycles. The maximum absolute atomic E-state index is 5.99. The van der Waals surface area contributed by atoms with E-state index in [9.17, 15) is 0 Å². The van der Waals surface area contributed by atoms with Gasteiger partial charge in [0.15, 0.2) is 26.6 Å². The quantitative estimate of drug-likeness (QED) is 0.541. The molecule has 0 aromatic carbocycles. The molecule has 2 atom stereocenters. The Bertz CT molecular complexity index is 153. The first-order valence-corrected chi connectivity index (χ1v) is 12.3. The van der Waals surface area contributed by atoms with E-state index in [2.05, 4.69) is 47.1 Å². The second-order valence-electron chi connectivity index (χ2n) is 4.07. The van der Waals surface area contributed by atoms with E-state index >= 15 is 0 Å². The van der Waals surface area contributed by atoms with Crippen LogP contribution in [-0.4, -0.2) is 45.0 Å². The Morgan fingerprint density at radius 1 is 1.31 bits per heavy atom. The van der Waals surface area contributed by atoms with Gasteiger partial charge in [-0.25, -0.2) is 0 Å². The standard InChI is InChI=1S/C6H24N4Si3/c1-8-12(4)9-13(5,6)10(2)11(3)7/h8-9,11-12H,7H2,1-6H3. The average Bonchev–Trinajstić information content (AvgIpc) is 2.01. The molecule has 0 saturated heterocycles. The zero-order valence-electron chi connectivity index (χ0n) is 9.68. The topological polar surface area (TPSA) is 53.3 Å². The molecule has 0 rings (SSSR count). The van der Waals surface area contributed by atoms with Crippen molar-refractivity contribution < 1.29 is 0 Å². The van der Waals surface area contributed by atoms with E-state index in [0.717, 1.165) is 0 Å². The summed E-state index contributed by atoms with van der Waals surface area (Å²) in [6.45, 7) is 9.09. The molecule has 0 bridgehead atoms. The lowest BCUT2D eigenvalue weighted by molar-refractivity contribution is 0.754. The van der Waals surface area contributed by atoms with E-state index < -0.39 is 26.6 Å². The lowest BCUT2D eigenvalue weighted by Gasteiger charge is -2.38. The van der Waals surface area contributed by atoms with Gasteiger partial charge in [0.2, 0.25) is 0 Å². The minimum Gasteiger partial charge on any atom is -0.342 e. The van der Waals surface area contributed by atoms with Crippen LogP contribution >= 0.6 is 0 Å². The van der Waals surface area contributed by atoms with Crippen LogP contribution in [0.25, 0.3) is 0 Å². The second kappa shape index (κ2) is 5.39. The number of rotatable bonds is 5. The van der Waals surface area contributed by atoms with Crippen LogP contribution in [0.5, 0.6) is 0 Å². The van der Waals surface area contributed by atoms with Crippen molar-refractivity contribution in [3.05, 3.63) is 0 Å². The summed E-state index contributed by atoms with van der Waals surface area (Å²) in [6, 6.07) is 0. The SMILES string of the molecule is CN[SiH](C)N[Si](C)(C)N(C)[SiH](C)N. The van der Waals surface area contributed by atoms with Crippen LogP contribution in [0, 0.1) is 0 Å². The molecule has 13 heavy (non-hydrogen) atoms. The van der Waals surface area contributed by atoms with E-state index in [0.29, 0.717) is 0 Å². The maximum atomic E-state index is 5.99. The molecule has 0 aliphatic carbocycles. The maximum Gasteiger partial charge on any atom is 0.185 e. The van der Waals surface area contributed by atoms with Gasteiger partial charge in [-0.15, -0.1) is 0 Å². The van der Waals surface area contributed by atoms with Gasteiger partial charge in [0.25, 0.3) is 0 Å². The number of hydrogen-bond acceptors (Lipinski definition) is 4. The molecule has 0 aliphatic rings. The second-order valence-corrected chi connectivity index (χ2v) is 13.8. The molecule has 80 valence electrons. The molecule has 0 aliphatic heterocycles. The third-order valence-corrected chi connectivity index (χ3v) is 14.1. The molecule has 0 aromatic heterocycles. The monoisotopic (exact) mass is 236 g/mol. The Morgan fingerprint density at radius 3 is 2.08 bits per heavy atom. The Labute approximate surface area is 86.6 Å². The number of nitrogens with two attached hydrogens (primary N) is 1. The fourth-order valence-corrected chi connectivity index (χ4v) is 11.6. The minimum atomic E-state index is -1.43. The molecule has 0 amide bonds. The summed E-state index contributed by atoms with van der Waals surface area (Å²) in [6.07, 6.45) is 0. The molecular weight excluding hydrogens is 212 g/mol. The van der Waals surface area contributed by atoms with Gasteiger partial charge >= 0.3 is 0 Å². The zero-order valence-corrected chi connectivity index (χ0v) is 13.0. The van der Waals surface area contributed by atoms with Crippen LogP contribution in [0.2, 0.25) is 26.2 Å². The third-order valence-electron chi connectivity index (χ3n) is 2.50. The molecule has 0 saturated carbocycles. The van der Waals surface area contributed by atoms with Crippen molar-refractivity contribution in [3.63, 3.8) is 0 Å². The van der Waals surface area contributed by atoms with E-state index in [1.807, 2.05) is 7.05 Å². The van der Waals surface area contributed by atoms with Gasteiger partial charge in [-0.05, 0) is 40.3 Å². The van der Waals surface area contributed by atoms with Crippen molar-refractivity contribution >= 4 is 26.6 Å². The van der Waals surface area contributed by atoms with Crippen LogP contribution in [-0.2, 0) is 0 Å². The van der Waals surface area contributed by atoms with Crippen LogP contribution < -0.4 is 15.0 Å². The molecule has 0 spiro atoms. The minimum absolute atomic E-state index is 0.917. The lowest BCUT2D eigenvalue weighted by Crippen LogP contribution is -2.69. The Morgan fingerprint density at radius 2 is 1.77 bits per heavy atom. The van der Waals surface area contributed by atoms with Crippen molar-refractivity contribution in [2.45, 2.75) is 26.2 Å². The largest absolute Gasteiger partial charge is 0.342 e. The van der Waals surface area contributed by atoms with Crippen LogP contribution in [0.1, 0.15) is 0 Å². The van der Waals surface area contributed by atoms with Gasteiger partial charge in [0, 0.05) is 0 Å². The summed E-state index contributed by atoms with van der Waals surface area (Å²) >= 11 is 0. The normalized spacial score (nSPS) is 17.5. The first-order valence-electron chi connectivity index (χ1n) is 4.74. The van der Waals surface area contributed by atoms with E-state index in [1.165, 1.54) is 0 Å².